The fourth-order valence-electron chi connectivity index (χ4n) is 2.30. The number of amides is 1. The van der Waals surface area contributed by atoms with Gasteiger partial charge in [-0.15, -0.1) is 0 Å². The fourth-order valence-corrected chi connectivity index (χ4v) is 2.30. The number of nitrogens with two attached hydrogens (primary N) is 1. The Morgan fingerprint density at radius 2 is 2.29 bits per heavy atom. The molecule has 0 aliphatic heterocycles. The Kier molecular flexibility index (Phi) is 3.29. The molecule has 6 nitrogen and oxygen atoms in total. The van der Waals surface area contributed by atoms with Gasteiger partial charge < -0.3 is 20.3 Å². The van der Waals surface area contributed by atoms with Gasteiger partial charge in [-0.05, 0) is 31.0 Å². The van der Waals surface area contributed by atoms with Crippen LogP contribution in [0.4, 0.5) is 5.69 Å². The molecule has 1 heterocycles. The van der Waals surface area contributed by atoms with Gasteiger partial charge in [-0.25, -0.2) is 4.98 Å². The highest BCUT2D eigenvalue weighted by molar-refractivity contribution is 5.95. The summed E-state index contributed by atoms with van der Waals surface area (Å²) in [5.74, 6) is 0.680. The van der Waals surface area contributed by atoms with Crippen molar-refractivity contribution in [3.63, 3.8) is 0 Å². The molecule has 1 saturated carbocycles. The maximum atomic E-state index is 12.7. The van der Waals surface area contributed by atoms with Gasteiger partial charge >= 0.3 is 0 Å². The lowest BCUT2D eigenvalue weighted by Gasteiger charge is -2.22. The number of nitrogens with zero attached hydrogens (tertiary/aromatic N) is 3. The van der Waals surface area contributed by atoms with Crippen LogP contribution in [0.25, 0.3) is 0 Å². The average molecular weight is 286 g/mol. The maximum absolute atomic E-state index is 12.7. The molecule has 0 spiro atoms. The first kappa shape index (κ1) is 13.5. The Balaban J connectivity index is 1.85. The van der Waals surface area contributed by atoms with E-state index >= 15 is 0 Å². The SMILES string of the molecule is Cn1ccnc1CN(C(=O)c1ccc(N)c(O)c1)C1CC1. The second-order valence-electron chi connectivity index (χ2n) is 5.39. The van der Waals surface area contributed by atoms with Crippen LogP contribution in [0.3, 0.4) is 0 Å². The molecule has 1 aromatic carbocycles. The number of imidazole rings is 1. The lowest BCUT2D eigenvalue weighted by Crippen LogP contribution is -2.33. The summed E-state index contributed by atoms with van der Waals surface area (Å²) < 4.78 is 1.91. The Bertz CT molecular complexity index is 676. The van der Waals surface area contributed by atoms with Crippen molar-refractivity contribution in [3.05, 3.63) is 42.0 Å². The van der Waals surface area contributed by atoms with Gasteiger partial charge in [0.2, 0.25) is 0 Å². The molecule has 110 valence electrons. The van der Waals surface area contributed by atoms with E-state index in [-0.39, 0.29) is 23.4 Å². The zero-order valence-electron chi connectivity index (χ0n) is 11.9. The van der Waals surface area contributed by atoms with Crippen LogP contribution in [0.15, 0.2) is 30.6 Å². The normalized spacial score (nSPS) is 14.1. The van der Waals surface area contributed by atoms with E-state index in [0.29, 0.717) is 12.1 Å². The monoisotopic (exact) mass is 286 g/mol. The summed E-state index contributed by atoms with van der Waals surface area (Å²) in [5.41, 5.74) is 6.30. The van der Waals surface area contributed by atoms with Gasteiger partial charge in [-0.3, -0.25) is 4.79 Å². The molecule has 1 amide bonds. The number of aromatic nitrogens is 2. The van der Waals surface area contributed by atoms with E-state index in [1.165, 1.54) is 6.07 Å². The minimum atomic E-state index is -0.101. The first-order chi connectivity index (χ1) is 10.1. The zero-order chi connectivity index (χ0) is 15.0. The number of aromatic hydroxyl groups is 1. The molecule has 1 aromatic heterocycles. The predicted molar refractivity (Wildman–Crippen MR) is 78.6 cm³/mol. The average Bonchev–Trinajstić information content (AvgIpc) is 3.22. The molecule has 6 heteroatoms. The summed E-state index contributed by atoms with van der Waals surface area (Å²) in [5, 5.41) is 9.67. The molecular formula is C15H18N4O2. The van der Waals surface area contributed by atoms with Gasteiger partial charge in [0.1, 0.15) is 11.6 Å². The number of phenols is 1. The molecule has 1 aliphatic rings. The van der Waals surface area contributed by atoms with Gasteiger partial charge in [0.25, 0.3) is 5.91 Å². The number of benzene rings is 1. The molecule has 0 unspecified atom stereocenters. The topological polar surface area (TPSA) is 84.4 Å². The number of hydrogen-bond donors (Lipinski definition) is 2. The second kappa shape index (κ2) is 5.12. The van der Waals surface area contributed by atoms with Crippen LogP contribution in [-0.4, -0.2) is 31.5 Å². The zero-order valence-corrected chi connectivity index (χ0v) is 11.9. The molecular weight excluding hydrogens is 268 g/mol. The van der Waals surface area contributed by atoms with Gasteiger partial charge in [0.15, 0.2) is 0 Å². The number of carbonyl (C=O) groups is 1. The molecule has 1 aliphatic carbocycles. The molecule has 2 aromatic rings. The molecule has 21 heavy (non-hydrogen) atoms. The van der Waals surface area contributed by atoms with Crippen LogP contribution in [0.2, 0.25) is 0 Å². The molecule has 0 atom stereocenters. The Morgan fingerprint density at radius 3 is 2.86 bits per heavy atom. The van der Waals surface area contributed by atoms with Crippen LogP contribution in [0.5, 0.6) is 5.75 Å². The summed E-state index contributed by atoms with van der Waals surface area (Å²) >= 11 is 0. The van der Waals surface area contributed by atoms with Crippen LogP contribution in [0, 0.1) is 0 Å². The van der Waals surface area contributed by atoms with E-state index in [2.05, 4.69) is 4.98 Å². The minimum absolute atomic E-state index is 0.0615. The van der Waals surface area contributed by atoms with Crippen LogP contribution < -0.4 is 5.73 Å². The number of aryl methyl sites for hydroxylation is 1. The standard InChI is InChI=1S/C15H18N4O2/c1-18-7-6-17-14(18)9-19(11-3-4-11)15(21)10-2-5-12(16)13(20)8-10/h2,5-8,11,20H,3-4,9,16H2,1H3. The number of nitrogen functional groups attached to an aromatic ring is 1. The first-order valence-corrected chi connectivity index (χ1v) is 6.92. The smallest absolute Gasteiger partial charge is 0.254 e. The van der Waals surface area contributed by atoms with E-state index in [4.69, 9.17) is 5.73 Å². The van der Waals surface area contributed by atoms with E-state index in [0.717, 1.165) is 18.7 Å². The van der Waals surface area contributed by atoms with Crippen molar-refractivity contribution in [1.29, 1.82) is 0 Å². The van der Waals surface area contributed by atoms with E-state index in [9.17, 15) is 9.90 Å². The van der Waals surface area contributed by atoms with Crippen molar-refractivity contribution < 1.29 is 9.90 Å². The third-order valence-corrected chi connectivity index (χ3v) is 3.76. The van der Waals surface area contributed by atoms with Crippen molar-refractivity contribution in [2.45, 2.75) is 25.4 Å². The van der Waals surface area contributed by atoms with Crippen molar-refractivity contribution >= 4 is 11.6 Å². The number of carbonyl (C=O) groups excluding carboxylic acids is 1. The van der Waals surface area contributed by atoms with Crippen molar-refractivity contribution in [1.82, 2.24) is 14.5 Å². The molecule has 0 bridgehead atoms. The Labute approximate surface area is 122 Å². The number of hydrogen-bond acceptors (Lipinski definition) is 4. The fraction of sp³-hybridized carbons (Fsp3) is 0.333. The van der Waals surface area contributed by atoms with Crippen LogP contribution in [0.1, 0.15) is 29.0 Å². The van der Waals surface area contributed by atoms with Crippen molar-refractivity contribution in [2.75, 3.05) is 5.73 Å². The summed E-state index contributed by atoms with van der Waals surface area (Å²) in [6.45, 7) is 0.470. The Morgan fingerprint density at radius 1 is 1.52 bits per heavy atom. The molecule has 3 rings (SSSR count). The van der Waals surface area contributed by atoms with E-state index in [1.54, 1.807) is 18.3 Å². The largest absolute Gasteiger partial charge is 0.506 e. The van der Waals surface area contributed by atoms with Gasteiger partial charge in [0.05, 0.1) is 12.2 Å². The van der Waals surface area contributed by atoms with E-state index in [1.807, 2.05) is 22.7 Å². The molecule has 0 saturated heterocycles. The van der Waals surface area contributed by atoms with Crippen LogP contribution >= 0.6 is 0 Å². The minimum Gasteiger partial charge on any atom is -0.506 e. The number of anilines is 1. The Hall–Kier alpha value is -2.50. The summed E-state index contributed by atoms with van der Waals surface area (Å²) in [4.78, 5) is 18.8. The molecule has 1 fully saturated rings. The van der Waals surface area contributed by atoms with Crippen molar-refractivity contribution in [3.8, 4) is 5.75 Å². The molecule has 3 N–H and O–H groups in total. The lowest BCUT2D eigenvalue weighted by atomic mass is 10.1. The number of rotatable bonds is 4. The maximum Gasteiger partial charge on any atom is 0.254 e. The van der Waals surface area contributed by atoms with Gasteiger partial charge in [-0.1, -0.05) is 0 Å². The van der Waals surface area contributed by atoms with E-state index < -0.39 is 0 Å². The second-order valence-corrected chi connectivity index (χ2v) is 5.39. The third-order valence-electron chi connectivity index (χ3n) is 3.76. The highest BCUT2D eigenvalue weighted by Crippen LogP contribution is 2.30. The predicted octanol–water partition coefficient (Wildman–Crippen LogP) is 1.51. The van der Waals surface area contributed by atoms with Crippen LogP contribution in [-0.2, 0) is 13.6 Å². The lowest BCUT2D eigenvalue weighted by molar-refractivity contribution is 0.0723. The molecule has 0 radical (unpaired) electrons. The summed E-state index contributed by atoms with van der Waals surface area (Å²) in [6, 6.07) is 4.87. The van der Waals surface area contributed by atoms with Gasteiger partial charge in [0, 0.05) is 31.0 Å². The summed E-state index contributed by atoms with van der Waals surface area (Å²) in [7, 11) is 1.91. The van der Waals surface area contributed by atoms with Crippen molar-refractivity contribution in [2.24, 2.45) is 7.05 Å². The highest BCUT2D eigenvalue weighted by Gasteiger charge is 2.33. The van der Waals surface area contributed by atoms with Gasteiger partial charge in [-0.2, -0.15) is 0 Å². The first-order valence-electron chi connectivity index (χ1n) is 6.92. The highest BCUT2D eigenvalue weighted by atomic mass is 16.3. The quantitative estimate of drug-likeness (QED) is 0.659. The number of phenolic OH excluding ortho intramolecular Hbond substituents is 1. The third kappa shape index (κ3) is 2.69. The summed E-state index contributed by atoms with van der Waals surface area (Å²) in [6.07, 6.45) is 5.61.